The third-order valence-electron chi connectivity index (χ3n) is 9.06. The first-order valence-corrected chi connectivity index (χ1v) is 16.0. The molecule has 3 aliphatic rings. The van der Waals surface area contributed by atoms with Gasteiger partial charge in [0.25, 0.3) is 0 Å². The highest BCUT2D eigenvalue weighted by atomic mass is 19.1. The van der Waals surface area contributed by atoms with E-state index in [0.717, 1.165) is 50.6 Å². The van der Waals surface area contributed by atoms with Gasteiger partial charge in [0.15, 0.2) is 5.65 Å². The second-order valence-electron chi connectivity index (χ2n) is 13.7. The van der Waals surface area contributed by atoms with Crippen LogP contribution in [0.5, 0.6) is 11.5 Å². The van der Waals surface area contributed by atoms with Crippen LogP contribution in [-0.4, -0.2) is 104 Å². The number of alkyl halides is 1. The number of hydrogen-bond acceptors (Lipinski definition) is 9. The molecule has 2 N–H and O–H groups in total. The summed E-state index contributed by atoms with van der Waals surface area (Å²) in [7, 11) is 0. The summed E-state index contributed by atoms with van der Waals surface area (Å²) in [6, 6.07) is 17.1. The molecular formula is C34H41FN8O3. The number of anilines is 1. The highest BCUT2D eigenvalue weighted by molar-refractivity contribution is 5.98. The summed E-state index contributed by atoms with van der Waals surface area (Å²) in [6.07, 6.45) is 0.691. The fourth-order valence-corrected chi connectivity index (χ4v) is 6.71. The van der Waals surface area contributed by atoms with Gasteiger partial charge in [0.05, 0.1) is 11.4 Å². The molecule has 0 saturated carbocycles. The molecule has 7 rings (SSSR count). The van der Waals surface area contributed by atoms with Crippen molar-refractivity contribution >= 4 is 22.9 Å². The first-order valence-electron chi connectivity index (χ1n) is 16.0. The van der Waals surface area contributed by atoms with Gasteiger partial charge in [0.1, 0.15) is 41.1 Å². The largest absolute Gasteiger partial charge is 0.457 e. The van der Waals surface area contributed by atoms with Crippen molar-refractivity contribution in [2.45, 2.75) is 51.0 Å². The monoisotopic (exact) mass is 628 g/mol. The number of carbonyl (C=O) groups excluding carboxylic acids is 1. The van der Waals surface area contributed by atoms with Gasteiger partial charge in [0, 0.05) is 63.3 Å². The van der Waals surface area contributed by atoms with Crippen LogP contribution in [0.15, 0.2) is 60.9 Å². The molecule has 11 nitrogen and oxygen atoms in total. The van der Waals surface area contributed by atoms with E-state index in [1.807, 2.05) is 75.4 Å². The number of ether oxygens (including phenoxy) is 2. The van der Waals surface area contributed by atoms with Crippen molar-refractivity contribution in [3.8, 4) is 22.8 Å². The van der Waals surface area contributed by atoms with E-state index in [0.29, 0.717) is 53.2 Å². The summed E-state index contributed by atoms with van der Waals surface area (Å²) in [5.41, 5.74) is 7.86. The summed E-state index contributed by atoms with van der Waals surface area (Å²) in [5.74, 6) is 2.23. The van der Waals surface area contributed by atoms with Crippen molar-refractivity contribution in [2.75, 3.05) is 51.5 Å². The average molecular weight is 629 g/mol. The van der Waals surface area contributed by atoms with Gasteiger partial charge in [-0.1, -0.05) is 18.2 Å². The predicted octanol–water partition coefficient (Wildman–Crippen LogP) is 5.00. The van der Waals surface area contributed by atoms with Crippen molar-refractivity contribution in [1.82, 2.24) is 34.4 Å². The lowest BCUT2D eigenvalue weighted by Gasteiger charge is -2.50. The summed E-state index contributed by atoms with van der Waals surface area (Å²) in [4.78, 5) is 27.4. The standard InChI is InChI=1S/C34H41FN8O3/c1-34(2,3)46-33(44)42-16-22(17-42)15-40-18-24(19-40)41-14-13-28(27(35)20-41)43-32-29(31(36)37-21-38-32)30(39-43)23-9-11-26(12-10-23)45-25-7-5-4-6-8-25/h4-12,21-22,24,27-28H,13-20H2,1-3H3,(H2,36,37,38)/t27-,28+/m0/s1. The van der Waals surface area contributed by atoms with E-state index in [1.54, 1.807) is 9.58 Å². The molecule has 3 saturated heterocycles. The smallest absolute Gasteiger partial charge is 0.410 e. The van der Waals surface area contributed by atoms with E-state index in [4.69, 9.17) is 20.3 Å². The number of nitrogen functional groups attached to an aromatic ring is 1. The zero-order valence-electron chi connectivity index (χ0n) is 26.6. The van der Waals surface area contributed by atoms with Crippen LogP contribution in [-0.2, 0) is 4.74 Å². The molecule has 3 aliphatic heterocycles. The molecule has 1 amide bonds. The van der Waals surface area contributed by atoms with Crippen LogP contribution in [0.2, 0.25) is 0 Å². The summed E-state index contributed by atoms with van der Waals surface area (Å²) in [6.45, 7) is 11.0. The number of likely N-dealkylation sites (tertiary alicyclic amines) is 3. The number of piperidine rings is 1. The number of para-hydroxylation sites is 1. The Balaban J connectivity index is 0.968. The maximum Gasteiger partial charge on any atom is 0.410 e. The number of fused-ring (bicyclic) bond motifs is 1. The Kier molecular flexibility index (Phi) is 8.02. The van der Waals surface area contributed by atoms with Crippen LogP contribution >= 0.6 is 0 Å². The zero-order valence-corrected chi connectivity index (χ0v) is 26.6. The molecule has 12 heteroatoms. The third kappa shape index (κ3) is 6.23. The number of aromatic nitrogens is 4. The number of benzene rings is 2. The normalized spacial score (nSPS) is 21.6. The Morgan fingerprint density at radius 1 is 0.978 bits per heavy atom. The summed E-state index contributed by atoms with van der Waals surface area (Å²) < 4.78 is 29.1. The second-order valence-corrected chi connectivity index (χ2v) is 13.7. The minimum Gasteiger partial charge on any atom is -0.457 e. The maximum atomic E-state index is 16.0. The molecule has 0 unspecified atom stereocenters. The number of carbonyl (C=O) groups is 1. The zero-order chi connectivity index (χ0) is 32.0. The molecule has 0 spiro atoms. The molecular weight excluding hydrogens is 587 g/mol. The highest BCUT2D eigenvalue weighted by Gasteiger charge is 2.42. The number of nitrogens with zero attached hydrogens (tertiary/aromatic N) is 7. The number of halogens is 1. The van der Waals surface area contributed by atoms with Crippen LogP contribution in [0.1, 0.15) is 33.2 Å². The van der Waals surface area contributed by atoms with Crippen LogP contribution in [0.3, 0.4) is 0 Å². The highest BCUT2D eigenvalue weighted by Crippen LogP contribution is 2.37. The van der Waals surface area contributed by atoms with E-state index < -0.39 is 17.8 Å². The van der Waals surface area contributed by atoms with Crippen LogP contribution in [0, 0.1) is 5.92 Å². The lowest BCUT2D eigenvalue weighted by Crippen LogP contribution is -2.64. The van der Waals surface area contributed by atoms with Gasteiger partial charge in [-0.05, 0) is 63.6 Å². The lowest BCUT2D eigenvalue weighted by atomic mass is 9.95. The van der Waals surface area contributed by atoms with E-state index in [1.165, 1.54) is 6.33 Å². The Morgan fingerprint density at radius 3 is 2.39 bits per heavy atom. The molecule has 2 aromatic carbocycles. The topological polar surface area (TPSA) is 115 Å². The fraction of sp³-hybridized carbons (Fsp3) is 0.471. The van der Waals surface area contributed by atoms with Crippen molar-refractivity contribution in [2.24, 2.45) is 5.92 Å². The molecule has 0 aliphatic carbocycles. The molecule has 2 atom stereocenters. The van der Waals surface area contributed by atoms with Gasteiger partial charge in [-0.2, -0.15) is 5.10 Å². The first kappa shape index (κ1) is 30.4. The first-order chi connectivity index (χ1) is 22.1. The van der Waals surface area contributed by atoms with Crippen molar-refractivity contribution in [3.05, 3.63) is 60.9 Å². The minimum atomic E-state index is -1.11. The van der Waals surface area contributed by atoms with Crippen molar-refractivity contribution in [1.29, 1.82) is 0 Å². The molecule has 4 aromatic rings. The Morgan fingerprint density at radius 2 is 1.70 bits per heavy atom. The second kappa shape index (κ2) is 12.1. The quantitative estimate of drug-likeness (QED) is 0.302. The van der Waals surface area contributed by atoms with Crippen molar-refractivity contribution in [3.63, 3.8) is 0 Å². The van der Waals surface area contributed by atoms with Gasteiger partial charge in [-0.3, -0.25) is 9.80 Å². The number of rotatable bonds is 7. The maximum absolute atomic E-state index is 16.0. The van der Waals surface area contributed by atoms with Crippen LogP contribution in [0.25, 0.3) is 22.3 Å². The van der Waals surface area contributed by atoms with Gasteiger partial charge < -0.3 is 20.1 Å². The summed E-state index contributed by atoms with van der Waals surface area (Å²) >= 11 is 0. The Hall–Kier alpha value is -4.29. The van der Waals surface area contributed by atoms with E-state index >= 15 is 4.39 Å². The molecule has 2 aromatic heterocycles. The average Bonchev–Trinajstić information content (AvgIpc) is 3.36. The molecule has 0 radical (unpaired) electrons. The number of nitrogens with two attached hydrogens (primary N) is 1. The molecule has 242 valence electrons. The fourth-order valence-electron chi connectivity index (χ4n) is 6.71. The molecule has 5 heterocycles. The van der Waals surface area contributed by atoms with E-state index in [2.05, 4.69) is 19.8 Å². The van der Waals surface area contributed by atoms with E-state index in [9.17, 15) is 4.79 Å². The van der Waals surface area contributed by atoms with E-state index in [-0.39, 0.29) is 6.09 Å². The van der Waals surface area contributed by atoms with Gasteiger partial charge in [-0.25, -0.2) is 23.8 Å². The minimum absolute atomic E-state index is 0.236. The third-order valence-corrected chi connectivity index (χ3v) is 9.06. The lowest BCUT2D eigenvalue weighted by molar-refractivity contribution is -0.0378. The SMILES string of the molecule is CC(C)(C)OC(=O)N1CC(CN2CC(N3CC[C@@H](n4nc(-c5ccc(Oc6ccccc6)cc5)c5c(N)ncnc54)[C@@H](F)C3)C2)C1. The van der Waals surface area contributed by atoms with Gasteiger partial charge >= 0.3 is 6.09 Å². The molecule has 46 heavy (non-hydrogen) atoms. The number of hydrogen-bond donors (Lipinski definition) is 1. The summed E-state index contributed by atoms with van der Waals surface area (Å²) in [5, 5.41) is 5.53. The Bertz CT molecular complexity index is 1680. The van der Waals surface area contributed by atoms with Crippen molar-refractivity contribution < 1.29 is 18.7 Å². The van der Waals surface area contributed by atoms with Gasteiger partial charge in [0.2, 0.25) is 0 Å². The van der Waals surface area contributed by atoms with Crippen LogP contribution < -0.4 is 10.5 Å². The molecule has 0 bridgehead atoms. The van der Waals surface area contributed by atoms with Gasteiger partial charge in [-0.15, -0.1) is 0 Å². The number of amides is 1. The predicted molar refractivity (Wildman–Crippen MR) is 173 cm³/mol. The van der Waals surface area contributed by atoms with Crippen LogP contribution in [0.4, 0.5) is 15.0 Å². The Labute approximate surface area is 268 Å². The molecule has 3 fully saturated rings.